The highest BCUT2D eigenvalue weighted by Crippen LogP contribution is 2.36. The topological polar surface area (TPSA) is 79.9 Å². The predicted octanol–water partition coefficient (Wildman–Crippen LogP) is 5.41. The molecule has 0 spiro atoms. The Labute approximate surface area is 242 Å². The standard InChI is InChI=1S/C10H17BN2O2.C9H8BrN3.C5H3BrIN/c1-9(2)10(3,4)15-11(14-9)8-6-7-13(5)12-8;1-13-5-4-9(12-13)8-3-2-7(10)6-11-8;6-4-1-2-5(7)8-3-4/h6-7H,1-5H3;2-6H,1H3;1-3H. The molecule has 5 heterocycles. The summed E-state index contributed by atoms with van der Waals surface area (Å²) in [4.78, 5) is 8.26. The number of aryl methyl sites for hydroxylation is 2. The Balaban J connectivity index is 0.000000157. The second-order valence-electron chi connectivity index (χ2n) is 9.04. The molecule has 190 valence electrons. The van der Waals surface area contributed by atoms with Gasteiger partial charge in [-0.1, -0.05) is 0 Å². The molecule has 4 aromatic heterocycles. The van der Waals surface area contributed by atoms with E-state index >= 15 is 0 Å². The second kappa shape index (κ2) is 12.3. The highest BCUT2D eigenvalue weighted by molar-refractivity contribution is 14.1. The van der Waals surface area contributed by atoms with E-state index in [0.29, 0.717) is 0 Å². The molecule has 36 heavy (non-hydrogen) atoms. The van der Waals surface area contributed by atoms with Crippen LogP contribution in [0.5, 0.6) is 0 Å². The Bertz CT molecular complexity index is 1230. The first-order chi connectivity index (χ1) is 16.9. The highest BCUT2D eigenvalue weighted by atomic mass is 127. The third kappa shape index (κ3) is 7.94. The Morgan fingerprint density at radius 2 is 1.31 bits per heavy atom. The maximum atomic E-state index is 5.87. The van der Waals surface area contributed by atoms with Crippen LogP contribution in [-0.4, -0.2) is 47.8 Å². The van der Waals surface area contributed by atoms with E-state index < -0.39 is 0 Å². The Hall–Kier alpha value is -1.61. The molecule has 0 saturated carbocycles. The van der Waals surface area contributed by atoms with E-state index in [9.17, 15) is 0 Å². The van der Waals surface area contributed by atoms with Crippen molar-refractivity contribution in [1.82, 2.24) is 29.5 Å². The van der Waals surface area contributed by atoms with Crippen molar-refractivity contribution in [2.24, 2.45) is 14.1 Å². The number of hydrogen-bond donors (Lipinski definition) is 0. The van der Waals surface area contributed by atoms with Crippen LogP contribution >= 0.6 is 54.5 Å². The molecule has 0 amide bonds. The van der Waals surface area contributed by atoms with E-state index in [4.69, 9.17) is 9.31 Å². The summed E-state index contributed by atoms with van der Waals surface area (Å²) in [5.74, 6) is 0. The fourth-order valence-corrected chi connectivity index (χ4v) is 3.75. The average Bonchev–Trinajstić information content (AvgIpc) is 3.49. The molecule has 8 nitrogen and oxygen atoms in total. The van der Waals surface area contributed by atoms with Crippen molar-refractivity contribution in [3.05, 3.63) is 73.8 Å². The number of nitrogens with zero attached hydrogens (tertiary/aromatic N) is 6. The molecule has 0 bridgehead atoms. The van der Waals surface area contributed by atoms with Crippen molar-refractivity contribution in [3.63, 3.8) is 0 Å². The Kier molecular flexibility index (Phi) is 9.89. The minimum Gasteiger partial charge on any atom is -0.398 e. The molecule has 1 fully saturated rings. The van der Waals surface area contributed by atoms with Crippen LogP contribution in [0, 0.1) is 3.70 Å². The van der Waals surface area contributed by atoms with E-state index in [1.54, 1.807) is 21.8 Å². The maximum Gasteiger partial charge on any atom is 0.516 e. The van der Waals surface area contributed by atoms with Crippen molar-refractivity contribution in [2.75, 3.05) is 0 Å². The molecule has 0 radical (unpaired) electrons. The smallest absolute Gasteiger partial charge is 0.398 e. The predicted molar refractivity (Wildman–Crippen MR) is 158 cm³/mol. The number of aromatic nitrogens is 6. The lowest BCUT2D eigenvalue weighted by Gasteiger charge is -2.32. The zero-order chi connectivity index (χ0) is 26.5. The van der Waals surface area contributed by atoms with Crippen LogP contribution in [0.25, 0.3) is 11.4 Å². The first-order valence-corrected chi connectivity index (χ1v) is 13.8. The molecular formula is C24H28BBr2IN6O2. The fourth-order valence-electron chi connectivity index (χ4n) is 2.96. The normalized spacial score (nSPS) is 15.5. The van der Waals surface area contributed by atoms with Crippen molar-refractivity contribution in [1.29, 1.82) is 0 Å². The van der Waals surface area contributed by atoms with Crippen molar-refractivity contribution < 1.29 is 9.31 Å². The molecule has 1 aliphatic heterocycles. The van der Waals surface area contributed by atoms with Gasteiger partial charge in [0, 0.05) is 47.8 Å². The summed E-state index contributed by atoms with van der Waals surface area (Å²) in [6, 6.07) is 11.7. The molecule has 12 heteroatoms. The van der Waals surface area contributed by atoms with Crippen LogP contribution < -0.4 is 5.59 Å². The lowest BCUT2D eigenvalue weighted by Crippen LogP contribution is -2.41. The minimum absolute atomic E-state index is 0.296. The maximum absolute atomic E-state index is 5.87. The summed E-state index contributed by atoms with van der Waals surface area (Å²) in [6.07, 6.45) is 7.34. The minimum atomic E-state index is -0.351. The second-order valence-corrected chi connectivity index (χ2v) is 12.0. The lowest BCUT2D eigenvalue weighted by atomic mass is 9.85. The van der Waals surface area contributed by atoms with Gasteiger partial charge in [-0.05, 0) is 119 Å². The monoisotopic (exact) mass is 728 g/mol. The molecule has 0 atom stereocenters. The third-order valence-corrected chi connectivity index (χ3v) is 7.20. The van der Waals surface area contributed by atoms with E-state index in [0.717, 1.165) is 29.6 Å². The van der Waals surface area contributed by atoms with Gasteiger partial charge in [0.15, 0.2) is 0 Å². The van der Waals surface area contributed by atoms with Gasteiger partial charge in [0.05, 0.1) is 22.5 Å². The lowest BCUT2D eigenvalue weighted by molar-refractivity contribution is 0.00578. The molecule has 1 aliphatic rings. The van der Waals surface area contributed by atoms with Gasteiger partial charge in [-0.2, -0.15) is 10.2 Å². The number of hydrogen-bond acceptors (Lipinski definition) is 6. The average molecular weight is 730 g/mol. The van der Waals surface area contributed by atoms with Gasteiger partial charge in [-0.15, -0.1) is 0 Å². The van der Waals surface area contributed by atoms with E-state index in [-0.39, 0.29) is 18.3 Å². The summed E-state index contributed by atoms with van der Waals surface area (Å²) >= 11 is 8.78. The molecule has 0 aromatic carbocycles. The molecule has 0 N–H and O–H groups in total. The van der Waals surface area contributed by atoms with Gasteiger partial charge >= 0.3 is 7.12 Å². The number of rotatable bonds is 2. The third-order valence-electron chi connectivity index (χ3n) is 5.62. The molecule has 4 aromatic rings. The van der Waals surface area contributed by atoms with Crippen molar-refractivity contribution in [3.8, 4) is 11.4 Å². The van der Waals surface area contributed by atoms with Gasteiger partial charge in [0.25, 0.3) is 0 Å². The van der Waals surface area contributed by atoms with Crippen LogP contribution in [0.4, 0.5) is 0 Å². The van der Waals surface area contributed by atoms with Crippen LogP contribution in [-0.2, 0) is 23.4 Å². The van der Waals surface area contributed by atoms with E-state index in [1.807, 2.05) is 90.6 Å². The zero-order valence-electron chi connectivity index (χ0n) is 21.0. The molecular weight excluding hydrogens is 702 g/mol. The van der Waals surface area contributed by atoms with E-state index in [1.165, 1.54) is 0 Å². The van der Waals surface area contributed by atoms with Gasteiger partial charge in [-0.3, -0.25) is 14.3 Å². The molecule has 5 rings (SSSR count). The van der Waals surface area contributed by atoms with E-state index in [2.05, 4.69) is 74.6 Å². The fraction of sp³-hybridized carbons (Fsp3) is 0.333. The first kappa shape index (κ1) is 29.0. The summed E-state index contributed by atoms with van der Waals surface area (Å²) < 4.78 is 18.3. The summed E-state index contributed by atoms with van der Waals surface area (Å²) in [6.45, 7) is 8.15. The van der Waals surface area contributed by atoms with Crippen LogP contribution in [0.2, 0.25) is 0 Å². The van der Waals surface area contributed by atoms with Crippen molar-refractivity contribution >= 4 is 67.2 Å². The van der Waals surface area contributed by atoms with Gasteiger partial charge in [0.1, 0.15) is 9.39 Å². The summed E-state index contributed by atoms with van der Waals surface area (Å²) in [7, 11) is 3.42. The van der Waals surface area contributed by atoms with Crippen LogP contribution in [0.3, 0.4) is 0 Å². The zero-order valence-corrected chi connectivity index (χ0v) is 26.3. The molecule has 0 unspecified atom stereocenters. The van der Waals surface area contributed by atoms with Gasteiger partial charge < -0.3 is 9.31 Å². The largest absolute Gasteiger partial charge is 0.516 e. The Morgan fingerprint density at radius 3 is 1.72 bits per heavy atom. The molecule has 0 aliphatic carbocycles. The van der Waals surface area contributed by atoms with Gasteiger partial charge in [0.2, 0.25) is 0 Å². The summed E-state index contributed by atoms with van der Waals surface area (Å²) in [5, 5.41) is 8.54. The van der Waals surface area contributed by atoms with Crippen LogP contribution in [0.1, 0.15) is 27.7 Å². The molecule has 1 saturated heterocycles. The van der Waals surface area contributed by atoms with Gasteiger partial charge in [-0.25, -0.2) is 4.98 Å². The number of pyridine rings is 2. The Morgan fingerprint density at radius 1 is 0.750 bits per heavy atom. The van der Waals surface area contributed by atoms with Crippen molar-refractivity contribution in [2.45, 2.75) is 38.9 Å². The quantitative estimate of drug-likeness (QED) is 0.156. The SMILES string of the molecule is Brc1ccc(I)nc1.Cn1ccc(-c2ccc(Br)cn2)n1.Cn1ccc(B2OC(C)(C)C(C)(C)O2)n1. The number of halogens is 3. The van der Waals surface area contributed by atoms with Crippen LogP contribution in [0.15, 0.2) is 70.1 Å². The highest BCUT2D eigenvalue weighted by Gasteiger charge is 2.52. The summed E-state index contributed by atoms with van der Waals surface area (Å²) in [5.41, 5.74) is 2.03. The first-order valence-electron chi connectivity index (χ1n) is 11.1.